The number of thiophene rings is 2. The predicted molar refractivity (Wildman–Crippen MR) is 204 cm³/mol. The van der Waals surface area contributed by atoms with Gasteiger partial charge in [-0.2, -0.15) is 0 Å². The largest absolute Gasteiger partial charge is 0.135 e. The van der Waals surface area contributed by atoms with Crippen molar-refractivity contribution >= 4 is 85.2 Å². The lowest BCUT2D eigenvalue weighted by Crippen LogP contribution is -1.91. The highest BCUT2D eigenvalue weighted by molar-refractivity contribution is 7.27. The van der Waals surface area contributed by atoms with E-state index in [4.69, 9.17) is 0 Å². The standard InChI is InChI=1S/C44H26S2/c1-2-13-28(14-3-1)39-26-37-40(45-39)25-36-31-16-10-11-21-38(31)46-44(36)43(37)42-34-19-8-6-17-32(34)41(33-18-7-9-20-35(33)42)30-23-22-27-12-4-5-15-29(27)24-30/h1-26H. The summed E-state index contributed by atoms with van der Waals surface area (Å²) in [5.41, 5.74) is 6.50. The third-order valence-electron chi connectivity index (χ3n) is 9.44. The van der Waals surface area contributed by atoms with E-state index in [1.807, 2.05) is 22.7 Å². The second kappa shape index (κ2) is 10.1. The van der Waals surface area contributed by atoms with Gasteiger partial charge in [0.15, 0.2) is 0 Å². The van der Waals surface area contributed by atoms with Gasteiger partial charge in [0.2, 0.25) is 0 Å². The molecule has 8 aromatic carbocycles. The first-order chi connectivity index (χ1) is 22.8. The molecule has 0 aliphatic rings. The predicted octanol–water partition coefficient (Wildman–Crippen LogP) is 13.7. The number of hydrogen-bond acceptors (Lipinski definition) is 2. The molecule has 214 valence electrons. The average molecular weight is 619 g/mol. The van der Waals surface area contributed by atoms with Crippen molar-refractivity contribution in [1.82, 2.24) is 0 Å². The third-order valence-corrected chi connectivity index (χ3v) is 11.8. The van der Waals surface area contributed by atoms with E-state index < -0.39 is 0 Å². The summed E-state index contributed by atoms with van der Waals surface area (Å²) in [4.78, 5) is 1.31. The Labute approximate surface area is 274 Å². The maximum Gasteiger partial charge on any atom is 0.0441 e. The molecule has 2 aromatic heterocycles. The van der Waals surface area contributed by atoms with Crippen LogP contribution < -0.4 is 0 Å². The number of hydrogen-bond donors (Lipinski definition) is 0. The minimum Gasteiger partial charge on any atom is -0.135 e. The minimum atomic E-state index is 1.25. The van der Waals surface area contributed by atoms with E-state index in [9.17, 15) is 0 Å². The van der Waals surface area contributed by atoms with E-state index in [-0.39, 0.29) is 0 Å². The van der Waals surface area contributed by atoms with Crippen molar-refractivity contribution in [2.75, 3.05) is 0 Å². The van der Waals surface area contributed by atoms with Gasteiger partial charge < -0.3 is 0 Å². The van der Waals surface area contributed by atoms with Crippen LogP contribution in [0.5, 0.6) is 0 Å². The van der Waals surface area contributed by atoms with E-state index in [1.54, 1.807) is 0 Å². The molecule has 0 unspecified atom stereocenters. The van der Waals surface area contributed by atoms with Crippen molar-refractivity contribution in [3.8, 4) is 32.7 Å². The van der Waals surface area contributed by atoms with E-state index in [0.717, 1.165) is 0 Å². The molecule has 0 fully saturated rings. The summed E-state index contributed by atoms with van der Waals surface area (Å²) in [7, 11) is 0. The van der Waals surface area contributed by atoms with Crippen LogP contribution in [0.15, 0.2) is 158 Å². The maximum atomic E-state index is 2.44. The molecule has 0 bridgehead atoms. The second-order valence-corrected chi connectivity index (χ2v) is 14.2. The lowest BCUT2D eigenvalue weighted by molar-refractivity contribution is 1.69. The molecule has 0 nitrogen and oxygen atoms in total. The van der Waals surface area contributed by atoms with Gasteiger partial charge in [-0.25, -0.2) is 0 Å². The highest BCUT2D eigenvalue weighted by atomic mass is 32.1. The molecule has 2 heteroatoms. The number of benzene rings is 8. The Morgan fingerprint density at radius 3 is 1.65 bits per heavy atom. The SMILES string of the molecule is c1ccc(-c2cc3c(-c4c5ccccc5c(-c5ccc6ccccc6c5)c5ccccc45)c4sc5ccccc5c4cc3s2)cc1. The molecule has 0 atom stereocenters. The molecule has 0 aliphatic heterocycles. The summed E-state index contributed by atoms with van der Waals surface area (Å²) in [6.45, 7) is 0. The van der Waals surface area contributed by atoms with Gasteiger partial charge >= 0.3 is 0 Å². The molecule has 2 heterocycles. The third kappa shape index (κ3) is 3.84. The van der Waals surface area contributed by atoms with E-state index in [0.29, 0.717) is 0 Å². The van der Waals surface area contributed by atoms with Crippen molar-refractivity contribution in [3.05, 3.63) is 158 Å². The van der Waals surface area contributed by atoms with Crippen LogP contribution in [0.1, 0.15) is 0 Å². The normalized spacial score (nSPS) is 11.9. The molecule has 10 aromatic rings. The van der Waals surface area contributed by atoms with Crippen molar-refractivity contribution in [3.63, 3.8) is 0 Å². The topological polar surface area (TPSA) is 0 Å². The van der Waals surface area contributed by atoms with Gasteiger partial charge in [-0.15, -0.1) is 22.7 Å². The summed E-state index contributed by atoms with van der Waals surface area (Å²) in [6, 6.07) is 58.3. The van der Waals surface area contributed by atoms with Crippen LogP contribution in [-0.4, -0.2) is 0 Å². The molecular formula is C44H26S2. The van der Waals surface area contributed by atoms with Crippen LogP contribution in [0.2, 0.25) is 0 Å². The van der Waals surface area contributed by atoms with Crippen molar-refractivity contribution in [2.45, 2.75) is 0 Å². The molecule has 10 rings (SSSR count). The Kier molecular flexibility index (Phi) is 5.72. The van der Waals surface area contributed by atoms with Crippen LogP contribution in [0.4, 0.5) is 0 Å². The van der Waals surface area contributed by atoms with Crippen LogP contribution in [0, 0.1) is 0 Å². The second-order valence-electron chi connectivity index (χ2n) is 12.0. The first-order valence-electron chi connectivity index (χ1n) is 15.7. The Morgan fingerprint density at radius 2 is 0.913 bits per heavy atom. The molecule has 0 N–H and O–H groups in total. The van der Waals surface area contributed by atoms with Gasteiger partial charge in [0.05, 0.1) is 0 Å². The van der Waals surface area contributed by atoms with E-state index in [2.05, 4.69) is 158 Å². The summed E-state index contributed by atoms with van der Waals surface area (Å²) in [6.07, 6.45) is 0. The Morgan fingerprint density at radius 1 is 0.304 bits per heavy atom. The first-order valence-corrected chi connectivity index (χ1v) is 17.3. The molecule has 0 saturated heterocycles. The molecule has 0 spiro atoms. The summed E-state index contributed by atoms with van der Waals surface area (Å²) in [5, 5.41) is 11.7. The lowest BCUT2D eigenvalue weighted by atomic mass is 9.84. The quantitative estimate of drug-likeness (QED) is 0.173. The zero-order valence-corrected chi connectivity index (χ0v) is 26.5. The lowest BCUT2D eigenvalue weighted by Gasteiger charge is -2.19. The molecule has 0 amide bonds. The highest BCUT2D eigenvalue weighted by Gasteiger charge is 2.23. The van der Waals surface area contributed by atoms with E-state index >= 15 is 0 Å². The van der Waals surface area contributed by atoms with Gasteiger partial charge in [0.1, 0.15) is 0 Å². The van der Waals surface area contributed by atoms with Crippen LogP contribution in [-0.2, 0) is 0 Å². The summed E-state index contributed by atoms with van der Waals surface area (Å²) in [5.74, 6) is 0. The Hall–Kier alpha value is -5.28. The van der Waals surface area contributed by atoms with Gasteiger partial charge in [-0.1, -0.05) is 133 Å². The fourth-order valence-electron chi connectivity index (χ4n) is 7.40. The van der Waals surface area contributed by atoms with Crippen molar-refractivity contribution in [1.29, 1.82) is 0 Å². The molecule has 46 heavy (non-hydrogen) atoms. The first kappa shape index (κ1) is 26.0. The van der Waals surface area contributed by atoms with Gasteiger partial charge in [-0.3, -0.25) is 0 Å². The van der Waals surface area contributed by atoms with Gasteiger partial charge in [0.25, 0.3) is 0 Å². The summed E-state index contributed by atoms with van der Waals surface area (Å²) < 4.78 is 4.03. The molecule has 0 aliphatic carbocycles. The minimum absolute atomic E-state index is 1.25. The monoisotopic (exact) mass is 618 g/mol. The van der Waals surface area contributed by atoms with Crippen LogP contribution in [0.3, 0.4) is 0 Å². The fraction of sp³-hybridized carbons (Fsp3) is 0. The highest BCUT2D eigenvalue weighted by Crippen LogP contribution is 2.52. The molecule has 0 radical (unpaired) electrons. The summed E-state index contributed by atoms with van der Waals surface area (Å²) >= 11 is 3.83. The van der Waals surface area contributed by atoms with Crippen molar-refractivity contribution in [2.24, 2.45) is 0 Å². The Balaban J connectivity index is 1.39. The van der Waals surface area contributed by atoms with Crippen LogP contribution >= 0.6 is 22.7 Å². The van der Waals surface area contributed by atoms with E-state index in [1.165, 1.54) is 95.3 Å². The Bertz CT molecular complexity index is 2740. The zero-order valence-electron chi connectivity index (χ0n) is 24.8. The van der Waals surface area contributed by atoms with Crippen molar-refractivity contribution < 1.29 is 0 Å². The van der Waals surface area contributed by atoms with Gasteiger partial charge in [0, 0.05) is 40.7 Å². The maximum absolute atomic E-state index is 2.44. The fourth-order valence-corrected chi connectivity index (χ4v) is 9.76. The molecule has 0 saturated carbocycles. The zero-order chi connectivity index (χ0) is 30.2. The van der Waals surface area contributed by atoms with Gasteiger partial charge in [-0.05, 0) is 78.8 Å². The average Bonchev–Trinajstić information content (AvgIpc) is 3.72. The van der Waals surface area contributed by atoms with Crippen LogP contribution in [0.25, 0.3) is 95.3 Å². The smallest absolute Gasteiger partial charge is 0.0441 e. The molecular weight excluding hydrogens is 593 g/mol. The number of fused-ring (bicyclic) bond motifs is 7. The number of rotatable bonds is 3.